The van der Waals surface area contributed by atoms with Gasteiger partial charge >= 0.3 is 0 Å². The third kappa shape index (κ3) is 7.74. The fourth-order valence-corrected chi connectivity index (χ4v) is 6.37. The Kier molecular flexibility index (Phi) is 10.8. The van der Waals surface area contributed by atoms with Crippen LogP contribution in [0.5, 0.6) is 5.75 Å². The predicted molar refractivity (Wildman–Crippen MR) is 169 cm³/mol. The molecule has 0 fully saturated rings. The van der Waals surface area contributed by atoms with Crippen molar-refractivity contribution in [2.45, 2.75) is 30.8 Å². The summed E-state index contributed by atoms with van der Waals surface area (Å²) in [5.41, 5.74) is 1.65. The third-order valence-electron chi connectivity index (χ3n) is 6.88. The molecule has 0 spiro atoms. The normalized spacial score (nSPS) is 11.8. The minimum atomic E-state index is -4.23. The molecule has 10 heteroatoms. The summed E-state index contributed by atoms with van der Waals surface area (Å²) in [6.45, 7) is 1.55. The number of likely N-dealkylation sites (N-methyl/N-ethyl adjacent to an activating group) is 1. The predicted octanol–water partition coefficient (Wildman–Crippen LogP) is 5.32. The number of benzene rings is 4. The zero-order valence-corrected chi connectivity index (χ0v) is 25.6. The van der Waals surface area contributed by atoms with Gasteiger partial charge in [0.15, 0.2) is 0 Å². The third-order valence-corrected chi connectivity index (χ3v) is 9.03. The molecule has 2 amide bonds. The number of halogens is 1. The van der Waals surface area contributed by atoms with Crippen molar-refractivity contribution in [1.82, 2.24) is 10.2 Å². The molecule has 8 nitrogen and oxygen atoms in total. The lowest BCUT2D eigenvalue weighted by atomic mass is 10.0. The summed E-state index contributed by atoms with van der Waals surface area (Å²) in [5, 5.41) is 3.27. The Balaban J connectivity index is 1.82. The number of hydrogen-bond acceptors (Lipinski definition) is 5. The number of methoxy groups -OCH3 is 1. The SMILES string of the molecule is CCNC(=O)[C@H](Cc1ccccc1)N(Cc1ccccc1Cl)C(=O)CN(c1ccccc1OC)S(=O)(=O)c1ccccc1. The molecule has 4 aromatic rings. The van der Waals surface area contributed by atoms with Crippen molar-refractivity contribution in [3.8, 4) is 5.75 Å². The Morgan fingerprint density at radius 2 is 1.47 bits per heavy atom. The van der Waals surface area contributed by atoms with Gasteiger partial charge < -0.3 is 15.0 Å². The van der Waals surface area contributed by atoms with Gasteiger partial charge in [0.1, 0.15) is 18.3 Å². The highest BCUT2D eigenvalue weighted by Crippen LogP contribution is 2.32. The van der Waals surface area contributed by atoms with Gasteiger partial charge in [-0.2, -0.15) is 0 Å². The fourth-order valence-electron chi connectivity index (χ4n) is 4.72. The van der Waals surface area contributed by atoms with Gasteiger partial charge in [0.05, 0.1) is 17.7 Å². The van der Waals surface area contributed by atoms with Crippen LogP contribution in [0.15, 0.2) is 114 Å². The van der Waals surface area contributed by atoms with Crippen molar-refractivity contribution in [1.29, 1.82) is 0 Å². The standard InChI is InChI=1S/C33H34ClN3O5S/c1-3-35-33(39)30(22-25-14-6-4-7-15-25)36(23-26-16-10-11-19-28(26)34)32(38)24-37(29-20-12-13-21-31(29)42-2)43(40,41)27-17-8-5-9-18-27/h4-21,30H,3,22-24H2,1-2H3,(H,35,39)/t30-/m0/s1. The van der Waals surface area contributed by atoms with E-state index in [2.05, 4.69) is 5.32 Å². The van der Waals surface area contributed by atoms with Gasteiger partial charge in [0, 0.05) is 24.5 Å². The van der Waals surface area contributed by atoms with Crippen molar-refractivity contribution in [2.24, 2.45) is 0 Å². The summed E-state index contributed by atoms with van der Waals surface area (Å²) in [4.78, 5) is 29.4. The van der Waals surface area contributed by atoms with Crippen LogP contribution in [0.25, 0.3) is 0 Å². The Morgan fingerprint density at radius 1 is 0.860 bits per heavy atom. The van der Waals surface area contributed by atoms with Gasteiger partial charge in [-0.15, -0.1) is 0 Å². The highest BCUT2D eigenvalue weighted by atomic mass is 35.5. The van der Waals surface area contributed by atoms with E-state index in [1.807, 2.05) is 30.3 Å². The van der Waals surface area contributed by atoms with Gasteiger partial charge in [-0.05, 0) is 48.4 Å². The van der Waals surface area contributed by atoms with Crippen LogP contribution >= 0.6 is 11.6 Å². The molecular weight excluding hydrogens is 586 g/mol. The number of carbonyl (C=O) groups is 2. The molecule has 0 heterocycles. The average Bonchev–Trinajstić information content (AvgIpc) is 3.03. The van der Waals surface area contributed by atoms with Crippen LogP contribution < -0.4 is 14.4 Å². The van der Waals surface area contributed by atoms with Crippen molar-refractivity contribution in [3.63, 3.8) is 0 Å². The second kappa shape index (κ2) is 14.7. The largest absolute Gasteiger partial charge is 0.495 e. The number of carbonyl (C=O) groups excluding carboxylic acids is 2. The van der Waals surface area contributed by atoms with Crippen LogP contribution in [0, 0.1) is 0 Å². The van der Waals surface area contributed by atoms with Crippen molar-refractivity contribution in [3.05, 3.63) is 125 Å². The number of rotatable bonds is 13. The second-order valence-electron chi connectivity index (χ2n) is 9.71. The summed E-state index contributed by atoms with van der Waals surface area (Å²) >= 11 is 6.51. The molecule has 43 heavy (non-hydrogen) atoms. The molecule has 0 unspecified atom stereocenters. The van der Waals surface area contributed by atoms with Crippen LogP contribution in [-0.4, -0.2) is 51.4 Å². The molecule has 0 saturated heterocycles. The molecule has 0 radical (unpaired) electrons. The summed E-state index contributed by atoms with van der Waals surface area (Å²) in [6.07, 6.45) is 0.211. The van der Waals surface area contributed by atoms with Crippen LogP contribution in [0.3, 0.4) is 0 Å². The molecule has 4 aromatic carbocycles. The van der Waals surface area contributed by atoms with E-state index in [0.717, 1.165) is 9.87 Å². The summed E-state index contributed by atoms with van der Waals surface area (Å²) in [7, 11) is -2.80. The molecule has 4 rings (SSSR count). The van der Waals surface area contributed by atoms with Crippen molar-refractivity contribution < 1.29 is 22.7 Å². The number of sulfonamides is 1. The second-order valence-corrected chi connectivity index (χ2v) is 12.0. The Hall–Kier alpha value is -4.34. The molecule has 0 saturated carbocycles. The van der Waals surface area contributed by atoms with Gasteiger partial charge in [-0.25, -0.2) is 8.42 Å². The van der Waals surface area contributed by atoms with Crippen molar-refractivity contribution >= 4 is 39.1 Å². The van der Waals surface area contributed by atoms with Gasteiger partial charge in [0.2, 0.25) is 11.8 Å². The number of hydrogen-bond donors (Lipinski definition) is 1. The summed E-state index contributed by atoms with van der Waals surface area (Å²) in [6, 6.07) is 29.9. The van der Waals surface area contributed by atoms with E-state index in [4.69, 9.17) is 16.3 Å². The number of nitrogens with zero attached hydrogens (tertiary/aromatic N) is 2. The number of nitrogens with one attached hydrogen (secondary N) is 1. The average molecular weight is 620 g/mol. The minimum absolute atomic E-state index is 0.0101. The Labute approximate surface area is 257 Å². The zero-order chi connectivity index (χ0) is 30.8. The summed E-state index contributed by atoms with van der Waals surface area (Å²) < 4.78 is 34.7. The van der Waals surface area contributed by atoms with Crippen LogP contribution in [0.1, 0.15) is 18.1 Å². The molecule has 0 aliphatic carbocycles. The van der Waals surface area contributed by atoms with Crippen LogP contribution in [0.4, 0.5) is 5.69 Å². The maximum absolute atomic E-state index is 14.4. The highest BCUT2D eigenvalue weighted by molar-refractivity contribution is 7.92. The molecule has 0 aliphatic heterocycles. The Morgan fingerprint density at radius 3 is 2.12 bits per heavy atom. The molecule has 0 aromatic heterocycles. The zero-order valence-electron chi connectivity index (χ0n) is 24.0. The van der Waals surface area contributed by atoms with E-state index in [9.17, 15) is 18.0 Å². The topological polar surface area (TPSA) is 96.0 Å². The smallest absolute Gasteiger partial charge is 0.264 e. The molecule has 224 valence electrons. The maximum Gasteiger partial charge on any atom is 0.264 e. The molecular formula is C33H34ClN3O5S. The van der Waals surface area contributed by atoms with E-state index in [1.54, 1.807) is 73.7 Å². The van der Waals surface area contributed by atoms with Crippen LogP contribution in [-0.2, 0) is 32.6 Å². The van der Waals surface area contributed by atoms with Gasteiger partial charge in [0.25, 0.3) is 10.0 Å². The molecule has 0 bridgehead atoms. The lowest BCUT2D eigenvalue weighted by molar-refractivity contribution is -0.140. The monoisotopic (exact) mass is 619 g/mol. The first kappa shape index (κ1) is 31.6. The maximum atomic E-state index is 14.4. The minimum Gasteiger partial charge on any atom is -0.495 e. The molecule has 0 aliphatic rings. The lowest BCUT2D eigenvalue weighted by Crippen LogP contribution is -2.53. The van der Waals surface area contributed by atoms with E-state index in [1.165, 1.54) is 24.1 Å². The quantitative estimate of drug-likeness (QED) is 0.219. The first-order valence-corrected chi connectivity index (χ1v) is 15.6. The van der Waals surface area contributed by atoms with E-state index < -0.39 is 28.5 Å². The van der Waals surface area contributed by atoms with Crippen LogP contribution in [0.2, 0.25) is 5.02 Å². The van der Waals surface area contributed by atoms with Crippen molar-refractivity contribution in [2.75, 3.05) is 24.5 Å². The number of anilines is 1. The lowest BCUT2D eigenvalue weighted by Gasteiger charge is -2.34. The number of para-hydroxylation sites is 2. The molecule has 1 N–H and O–H groups in total. The van der Waals surface area contributed by atoms with E-state index >= 15 is 0 Å². The fraction of sp³-hybridized carbons (Fsp3) is 0.212. The van der Waals surface area contributed by atoms with E-state index in [-0.39, 0.29) is 35.2 Å². The highest BCUT2D eigenvalue weighted by Gasteiger charge is 2.35. The summed E-state index contributed by atoms with van der Waals surface area (Å²) in [5.74, 6) is -0.670. The van der Waals surface area contributed by atoms with Gasteiger partial charge in [-0.3, -0.25) is 13.9 Å². The van der Waals surface area contributed by atoms with E-state index in [0.29, 0.717) is 17.1 Å². The number of amides is 2. The van der Waals surface area contributed by atoms with Gasteiger partial charge in [-0.1, -0.05) is 90.5 Å². The Bertz CT molecular complexity index is 1630. The first-order valence-electron chi connectivity index (χ1n) is 13.8. The first-order chi connectivity index (χ1) is 20.8. The molecule has 1 atom stereocenters. The number of ether oxygens (including phenoxy) is 1.